The van der Waals surface area contributed by atoms with E-state index < -0.39 is 54.1 Å². The van der Waals surface area contributed by atoms with Gasteiger partial charge in [0.15, 0.2) is 0 Å². The average molecular weight is 553 g/mol. The maximum atomic E-state index is 13.8. The van der Waals surface area contributed by atoms with Crippen LogP contribution in [-0.4, -0.2) is 82.8 Å². The maximum Gasteiger partial charge on any atom is 0.408 e. The van der Waals surface area contributed by atoms with Crippen LogP contribution in [0.5, 0.6) is 5.75 Å². The first kappa shape index (κ1) is 33.2. The van der Waals surface area contributed by atoms with Crippen LogP contribution in [0, 0.1) is 6.92 Å². The number of aliphatic hydroxyl groups is 1. The zero-order valence-electron chi connectivity index (χ0n) is 23.1. The minimum Gasteiger partial charge on any atom is -0.507 e. The molecule has 13 heteroatoms. The van der Waals surface area contributed by atoms with Gasteiger partial charge in [0.2, 0.25) is 17.7 Å². The number of carbonyl (C=O) groups excluding carboxylic acids is 5. The number of rotatable bonds is 14. The summed E-state index contributed by atoms with van der Waals surface area (Å²) in [6.07, 6.45) is -1.57. The highest BCUT2D eigenvalue weighted by Crippen LogP contribution is 2.32. The number of aromatic hydroxyl groups is 1. The average Bonchev–Trinajstić information content (AvgIpc) is 2.82. The lowest BCUT2D eigenvalue weighted by molar-refractivity contribution is -0.145. The van der Waals surface area contributed by atoms with Gasteiger partial charge in [-0.2, -0.15) is 0 Å². The number of phenolic OH excluding ortho intramolecular Hbond substituents is 1. The lowest BCUT2D eigenvalue weighted by Crippen LogP contribution is -2.54. The molecule has 0 aliphatic rings. The van der Waals surface area contributed by atoms with Crippen molar-refractivity contribution in [1.29, 1.82) is 0 Å². The van der Waals surface area contributed by atoms with Gasteiger partial charge in [-0.05, 0) is 46.6 Å². The van der Waals surface area contributed by atoms with Crippen molar-refractivity contribution >= 4 is 29.8 Å². The number of hydrogen-bond acceptors (Lipinski definition) is 9. The summed E-state index contributed by atoms with van der Waals surface area (Å²) in [6.45, 7) is 7.24. The van der Waals surface area contributed by atoms with E-state index in [1.54, 1.807) is 46.8 Å². The zero-order valence-corrected chi connectivity index (χ0v) is 23.1. The van der Waals surface area contributed by atoms with E-state index in [4.69, 9.17) is 15.2 Å². The number of aryl methyl sites for hydroxylation is 1. The van der Waals surface area contributed by atoms with E-state index in [0.717, 1.165) is 4.90 Å². The third kappa shape index (κ3) is 11.2. The molecule has 13 nitrogen and oxygen atoms in total. The fourth-order valence-corrected chi connectivity index (χ4v) is 3.64. The second-order valence-electron chi connectivity index (χ2n) is 9.72. The van der Waals surface area contributed by atoms with Crippen LogP contribution in [0.4, 0.5) is 4.79 Å². The molecule has 0 heterocycles. The normalized spacial score (nSPS) is 12.6. The molecular formula is C26H40N4O9. The first-order valence-electron chi connectivity index (χ1n) is 12.6. The van der Waals surface area contributed by atoms with Crippen molar-refractivity contribution in [3.05, 3.63) is 29.3 Å². The first-order valence-corrected chi connectivity index (χ1v) is 12.6. The molecule has 1 aromatic rings. The molecular weight excluding hydrogens is 512 g/mol. The minimum atomic E-state index is -1.47. The Balaban J connectivity index is 3.45. The van der Waals surface area contributed by atoms with Gasteiger partial charge in [0.25, 0.3) is 0 Å². The van der Waals surface area contributed by atoms with E-state index in [9.17, 15) is 34.2 Å². The molecule has 6 N–H and O–H groups in total. The lowest BCUT2D eigenvalue weighted by atomic mass is 9.98. The summed E-state index contributed by atoms with van der Waals surface area (Å²) >= 11 is 0. The molecule has 0 saturated carbocycles. The largest absolute Gasteiger partial charge is 0.507 e. The molecule has 4 amide bonds. The highest BCUT2D eigenvalue weighted by atomic mass is 16.6. The Labute approximate surface area is 228 Å². The molecule has 39 heavy (non-hydrogen) atoms. The van der Waals surface area contributed by atoms with Crippen molar-refractivity contribution in [1.82, 2.24) is 15.5 Å². The summed E-state index contributed by atoms with van der Waals surface area (Å²) in [7, 11) is 0. The van der Waals surface area contributed by atoms with Gasteiger partial charge in [-0.25, -0.2) is 4.79 Å². The third-order valence-corrected chi connectivity index (χ3v) is 5.35. The van der Waals surface area contributed by atoms with Crippen LogP contribution in [0.3, 0.4) is 0 Å². The summed E-state index contributed by atoms with van der Waals surface area (Å²) in [5.41, 5.74) is 4.85. The number of para-hydroxylation sites is 1. The van der Waals surface area contributed by atoms with E-state index in [1.165, 1.54) is 6.07 Å². The number of esters is 1. The number of benzene rings is 1. The zero-order chi connectivity index (χ0) is 29.8. The predicted molar refractivity (Wildman–Crippen MR) is 140 cm³/mol. The molecule has 0 fully saturated rings. The Morgan fingerprint density at radius 3 is 2.36 bits per heavy atom. The van der Waals surface area contributed by atoms with Gasteiger partial charge in [0, 0.05) is 25.1 Å². The van der Waals surface area contributed by atoms with Gasteiger partial charge in [-0.1, -0.05) is 18.2 Å². The van der Waals surface area contributed by atoms with Crippen LogP contribution >= 0.6 is 0 Å². The molecule has 0 bridgehead atoms. The number of nitrogens with zero attached hydrogens (tertiary/aromatic N) is 1. The molecule has 0 radical (unpaired) electrons. The van der Waals surface area contributed by atoms with E-state index in [-0.39, 0.29) is 50.3 Å². The van der Waals surface area contributed by atoms with Crippen molar-refractivity contribution in [3.8, 4) is 5.75 Å². The number of nitrogens with two attached hydrogens (primary N) is 1. The van der Waals surface area contributed by atoms with Crippen molar-refractivity contribution in [3.63, 3.8) is 0 Å². The fraction of sp³-hybridized carbons (Fsp3) is 0.577. The Hall–Kier alpha value is -3.87. The quantitative estimate of drug-likeness (QED) is 0.207. The van der Waals surface area contributed by atoms with Crippen LogP contribution in [0.25, 0.3) is 0 Å². The highest BCUT2D eigenvalue weighted by Gasteiger charge is 2.37. The molecule has 0 saturated heterocycles. The van der Waals surface area contributed by atoms with Gasteiger partial charge < -0.3 is 41.0 Å². The van der Waals surface area contributed by atoms with E-state index in [2.05, 4.69) is 10.6 Å². The number of alkyl carbamates (subject to hydrolysis) is 1. The second kappa shape index (κ2) is 15.5. The summed E-state index contributed by atoms with van der Waals surface area (Å²) in [4.78, 5) is 63.9. The standard InChI is InChI=1S/C26H40N4O9/c1-6-38-20(33)12-13-28-23(35)21(17-9-7-8-16(2)22(17)34)30(14-15-31)24(36)18(10-11-19(27)32)29-25(37)39-26(3,4)5/h7-9,18,21,31,34H,6,10-15H2,1-5H3,(H2,27,32)(H,28,35)(H,29,37). The number of ether oxygens (including phenoxy) is 2. The van der Waals surface area contributed by atoms with Gasteiger partial charge in [0.05, 0.1) is 19.6 Å². The van der Waals surface area contributed by atoms with E-state index >= 15 is 0 Å². The van der Waals surface area contributed by atoms with Crippen molar-refractivity contribution in [2.24, 2.45) is 5.73 Å². The summed E-state index contributed by atoms with van der Waals surface area (Å²) in [6, 6.07) is 1.79. The predicted octanol–water partition coefficient (Wildman–Crippen LogP) is 0.791. The van der Waals surface area contributed by atoms with Crippen LogP contribution in [-0.2, 0) is 28.7 Å². The topological polar surface area (TPSA) is 198 Å². The summed E-state index contributed by atoms with van der Waals surface area (Å²) in [5.74, 6) is -3.11. The minimum absolute atomic E-state index is 0.0522. The highest BCUT2D eigenvalue weighted by molar-refractivity contribution is 5.93. The Morgan fingerprint density at radius 1 is 1.13 bits per heavy atom. The maximum absolute atomic E-state index is 13.8. The molecule has 1 rings (SSSR count). The van der Waals surface area contributed by atoms with Gasteiger partial charge >= 0.3 is 12.1 Å². The molecule has 0 aliphatic carbocycles. The van der Waals surface area contributed by atoms with Crippen molar-refractivity contribution < 1.29 is 43.7 Å². The Kier molecular flexibility index (Phi) is 13.2. The third-order valence-electron chi connectivity index (χ3n) is 5.35. The van der Waals surface area contributed by atoms with Crippen LogP contribution < -0.4 is 16.4 Å². The molecule has 2 unspecified atom stereocenters. The number of nitrogens with one attached hydrogen (secondary N) is 2. The van der Waals surface area contributed by atoms with Crippen LogP contribution in [0.1, 0.15) is 64.1 Å². The smallest absolute Gasteiger partial charge is 0.408 e. The number of aliphatic hydroxyl groups excluding tert-OH is 1. The number of carbonyl (C=O) groups is 5. The summed E-state index contributed by atoms with van der Waals surface area (Å²) in [5, 5.41) is 25.5. The molecule has 0 spiro atoms. The van der Waals surface area contributed by atoms with E-state index in [0.29, 0.717) is 5.56 Å². The number of amides is 4. The lowest BCUT2D eigenvalue weighted by Gasteiger charge is -2.34. The van der Waals surface area contributed by atoms with E-state index in [1.807, 2.05) is 0 Å². The Morgan fingerprint density at radius 2 is 1.79 bits per heavy atom. The molecule has 0 aliphatic heterocycles. The molecule has 1 aromatic carbocycles. The SMILES string of the molecule is CCOC(=O)CCNC(=O)C(c1cccc(C)c1O)N(CCO)C(=O)C(CCC(N)=O)NC(=O)OC(C)(C)C. The van der Waals surface area contributed by atoms with Crippen molar-refractivity contribution in [2.45, 2.75) is 71.6 Å². The molecule has 218 valence electrons. The Bertz CT molecular complexity index is 1020. The first-order chi connectivity index (χ1) is 18.2. The van der Waals surface area contributed by atoms with Crippen LogP contribution in [0.15, 0.2) is 18.2 Å². The number of phenols is 1. The monoisotopic (exact) mass is 552 g/mol. The number of primary amides is 1. The molecule has 2 atom stereocenters. The van der Waals surface area contributed by atoms with Crippen molar-refractivity contribution in [2.75, 3.05) is 26.3 Å². The second-order valence-corrected chi connectivity index (χ2v) is 9.72. The van der Waals surface area contributed by atoms with Crippen LogP contribution in [0.2, 0.25) is 0 Å². The number of hydrogen-bond donors (Lipinski definition) is 5. The molecule has 0 aromatic heterocycles. The summed E-state index contributed by atoms with van der Waals surface area (Å²) < 4.78 is 10.1. The van der Waals surface area contributed by atoms with Gasteiger partial charge in [-0.3, -0.25) is 19.2 Å². The fourth-order valence-electron chi connectivity index (χ4n) is 3.64. The van der Waals surface area contributed by atoms with Gasteiger partial charge in [0.1, 0.15) is 23.4 Å². The van der Waals surface area contributed by atoms with Gasteiger partial charge in [-0.15, -0.1) is 0 Å².